The number of benzene rings is 2. The highest BCUT2D eigenvalue weighted by molar-refractivity contribution is 9.10. The summed E-state index contributed by atoms with van der Waals surface area (Å²) in [6.45, 7) is 1.82. The van der Waals surface area contributed by atoms with Crippen LogP contribution in [-0.4, -0.2) is 14.5 Å². The van der Waals surface area contributed by atoms with E-state index in [4.69, 9.17) is 0 Å². The molecule has 2 aromatic carbocycles. The monoisotopic (exact) mass is 475 g/mol. The average Bonchev–Trinajstić information content (AvgIpc) is 2.69. The smallest absolute Gasteiger partial charge is 0.314 e. The van der Waals surface area contributed by atoms with Crippen LogP contribution >= 0.6 is 15.9 Å². The quantitative estimate of drug-likeness (QED) is 0.382. The highest BCUT2D eigenvalue weighted by Crippen LogP contribution is 2.37. The molecule has 1 aliphatic carbocycles. The molecule has 8 heteroatoms. The molecule has 29 heavy (non-hydrogen) atoms. The van der Waals surface area contributed by atoms with Crippen molar-refractivity contribution in [3.63, 3.8) is 0 Å². The van der Waals surface area contributed by atoms with E-state index in [0.717, 1.165) is 15.7 Å². The molecular weight excluding hydrogens is 454 g/mol. The average molecular weight is 476 g/mol. The Kier molecular flexibility index (Phi) is 5.85. The summed E-state index contributed by atoms with van der Waals surface area (Å²) in [7, 11) is 0. The van der Waals surface area contributed by atoms with Gasteiger partial charge in [0.15, 0.2) is 4.90 Å². The standard InChI is InChI=1S/C21H22BrN3O3S/c1-12-9-17-18(24-21(27)20(26)23-17)11-19(12)29(28)25-14-7-8-15(16(22)10-14)13-5-3-2-4-6-13/h7-11,13,25H,2-6H2,1H3,(H,23,26)(H,24,27). The maximum absolute atomic E-state index is 12.9. The molecule has 0 aliphatic heterocycles. The zero-order chi connectivity index (χ0) is 20.5. The Morgan fingerprint density at radius 3 is 2.34 bits per heavy atom. The second kappa shape index (κ2) is 8.38. The molecule has 1 aliphatic rings. The van der Waals surface area contributed by atoms with Crippen molar-refractivity contribution in [2.24, 2.45) is 0 Å². The Bertz CT molecular complexity index is 1170. The molecule has 0 spiro atoms. The number of hydrogen-bond donors (Lipinski definition) is 3. The Morgan fingerprint density at radius 1 is 1.03 bits per heavy atom. The fourth-order valence-electron chi connectivity index (χ4n) is 3.95. The lowest BCUT2D eigenvalue weighted by atomic mass is 9.84. The van der Waals surface area contributed by atoms with Crippen LogP contribution in [0, 0.1) is 6.92 Å². The third-order valence-corrected chi connectivity index (χ3v) is 7.42. The largest absolute Gasteiger partial charge is 0.588 e. The number of H-pyrrole nitrogens is 2. The van der Waals surface area contributed by atoms with Gasteiger partial charge in [-0.15, -0.1) is 0 Å². The number of rotatable bonds is 4. The van der Waals surface area contributed by atoms with E-state index in [1.165, 1.54) is 37.7 Å². The summed E-state index contributed by atoms with van der Waals surface area (Å²) in [4.78, 5) is 28.7. The van der Waals surface area contributed by atoms with E-state index in [0.29, 0.717) is 21.8 Å². The van der Waals surface area contributed by atoms with Gasteiger partial charge in [-0.25, -0.2) is 4.72 Å². The summed E-state index contributed by atoms with van der Waals surface area (Å²) in [5, 5.41) is 0. The number of aromatic nitrogens is 2. The number of aromatic amines is 2. The van der Waals surface area contributed by atoms with Crippen molar-refractivity contribution < 1.29 is 4.55 Å². The van der Waals surface area contributed by atoms with Crippen molar-refractivity contribution in [2.75, 3.05) is 4.72 Å². The lowest BCUT2D eigenvalue weighted by Gasteiger charge is -2.23. The van der Waals surface area contributed by atoms with E-state index in [1.54, 1.807) is 12.1 Å². The number of fused-ring (bicyclic) bond motifs is 1. The van der Waals surface area contributed by atoms with Gasteiger partial charge in [0.1, 0.15) is 11.4 Å². The third-order valence-electron chi connectivity index (χ3n) is 5.47. The molecule has 3 aromatic rings. The van der Waals surface area contributed by atoms with Gasteiger partial charge in [0.05, 0.1) is 16.7 Å². The van der Waals surface area contributed by atoms with Gasteiger partial charge >= 0.3 is 11.1 Å². The summed E-state index contributed by atoms with van der Waals surface area (Å²) in [5.74, 6) is 0.583. The molecule has 1 aromatic heterocycles. The van der Waals surface area contributed by atoms with E-state index in [1.807, 2.05) is 19.1 Å². The lowest BCUT2D eigenvalue weighted by molar-refractivity contribution is 0.442. The second-order valence-corrected chi connectivity index (χ2v) is 9.55. The molecule has 0 bridgehead atoms. The van der Waals surface area contributed by atoms with Crippen LogP contribution in [0.2, 0.25) is 0 Å². The predicted octanol–water partition coefficient (Wildman–Crippen LogP) is 4.47. The van der Waals surface area contributed by atoms with Gasteiger partial charge < -0.3 is 14.5 Å². The molecule has 1 unspecified atom stereocenters. The zero-order valence-corrected chi connectivity index (χ0v) is 18.4. The van der Waals surface area contributed by atoms with Crippen molar-refractivity contribution >= 4 is 44.0 Å². The molecule has 0 saturated heterocycles. The normalized spacial score (nSPS) is 16.1. The van der Waals surface area contributed by atoms with Crippen LogP contribution in [0.1, 0.15) is 49.1 Å². The minimum atomic E-state index is -1.52. The van der Waals surface area contributed by atoms with Crippen molar-refractivity contribution in [3.8, 4) is 0 Å². The first kappa shape index (κ1) is 20.3. The van der Waals surface area contributed by atoms with E-state index in [2.05, 4.69) is 36.7 Å². The molecule has 152 valence electrons. The van der Waals surface area contributed by atoms with Gasteiger partial charge in [0.25, 0.3) is 0 Å². The Labute approximate surface area is 179 Å². The summed E-state index contributed by atoms with van der Waals surface area (Å²) < 4.78 is 17.0. The van der Waals surface area contributed by atoms with Crippen LogP contribution in [0.15, 0.2) is 49.3 Å². The van der Waals surface area contributed by atoms with Crippen LogP contribution in [0.4, 0.5) is 5.69 Å². The minimum Gasteiger partial charge on any atom is -0.588 e. The topological polar surface area (TPSA) is 101 Å². The second-order valence-electron chi connectivity index (χ2n) is 7.51. The van der Waals surface area contributed by atoms with Crippen molar-refractivity contribution in [3.05, 3.63) is 66.6 Å². The first-order valence-electron chi connectivity index (χ1n) is 9.67. The number of anilines is 1. The molecule has 1 heterocycles. The van der Waals surface area contributed by atoms with E-state index < -0.39 is 22.5 Å². The minimum absolute atomic E-state index is 0.444. The van der Waals surface area contributed by atoms with Crippen LogP contribution in [0.25, 0.3) is 11.0 Å². The van der Waals surface area contributed by atoms with Crippen LogP contribution < -0.4 is 15.8 Å². The van der Waals surface area contributed by atoms with Crippen molar-refractivity contribution in [1.82, 2.24) is 9.97 Å². The highest BCUT2D eigenvalue weighted by Gasteiger charge is 2.20. The molecule has 6 nitrogen and oxygen atoms in total. The van der Waals surface area contributed by atoms with Gasteiger partial charge in [-0.2, -0.15) is 0 Å². The zero-order valence-electron chi connectivity index (χ0n) is 16.0. The summed E-state index contributed by atoms with van der Waals surface area (Å²) in [6, 6.07) is 9.38. The summed E-state index contributed by atoms with van der Waals surface area (Å²) in [5.41, 5.74) is 2.34. The van der Waals surface area contributed by atoms with Gasteiger partial charge in [0.2, 0.25) is 0 Å². The fraction of sp³-hybridized carbons (Fsp3) is 0.333. The Morgan fingerprint density at radius 2 is 1.69 bits per heavy atom. The fourth-order valence-corrected chi connectivity index (χ4v) is 5.68. The van der Waals surface area contributed by atoms with Gasteiger partial charge in [0, 0.05) is 16.1 Å². The third kappa shape index (κ3) is 4.29. The van der Waals surface area contributed by atoms with E-state index in [-0.39, 0.29) is 0 Å². The molecule has 0 amide bonds. The highest BCUT2D eigenvalue weighted by atomic mass is 79.9. The van der Waals surface area contributed by atoms with Gasteiger partial charge in [-0.3, -0.25) is 9.59 Å². The van der Waals surface area contributed by atoms with Gasteiger partial charge in [-0.05, 0) is 49.4 Å². The molecule has 1 atom stereocenters. The Hall–Kier alpha value is -2.03. The summed E-state index contributed by atoms with van der Waals surface area (Å²) in [6.07, 6.45) is 6.30. The first-order chi connectivity index (χ1) is 13.9. The van der Waals surface area contributed by atoms with Crippen molar-refractivity contribution in [1.29, 1.82) is 0 Å². The number of aryl methyl sites for hydroxylation is 1. The maximum Gasteiger partial charge on any atom is 0.314 e. The molecule has 0 radical (unpaired) electrons. The maximum atomic E-state index is 12.9. The van der Waals surface area contributed by atoms with Crippen LogP contribution in [0.5, 0.6) is 0 Å². The lowest BCUT2D eigenvalue weighted by Crippen LogP contribution is -2.29. The molecular formula is C21H22BrN3O3S. The van der Waals surface area contributed by atoms with E-state index >= 15 is 0 Å². The van der Waals surface area contributed by atoms with E-state index in [9.17, 15) is 14.1 Å². The van der Waals surface area contributed by atoms with Crippen LogP contribution in [0.3, 0.4) is 0 Å². The molecule has 1 saturated carbocycles. The Balaban J connectivity index is 1.59. The van der Waals surface area contributed by atoms with Crippen molar-refractivity contribution in [2.45, 2.75) is 49.8 Å². The van der Waals surface area contributed by atoms with Crippen LogP contribution in [-0.2, 0) is 11.4 Å². The number of nitrogens with one attached hydrogen (secondary N) is 3. The van der Waals surface area contributed by atoms with Gasteiger partial charge in [-0.1, -0.05) is 41.3 Å². The summed E-state index contributed by atoms with van der Waals surface area (Å²) >= 11 is 2.16. The molecule has 3 N–H and O–H groups in total. The predicted molar refractivity (Wildman–Crippen MR) is 120 cm³/mol. The first-order valence-corrected chi connectivity index (χ1v) is 11.6. The SMILES string of the molecule is Cc1cc2[nH]c(=O)c(=O)[nH]c2cc1[S+]([O-])Nc1ccc(C2CCCCC2)c(Br)c1. The molecule has 1 fully saturated rings. The number of hydrogen-bond acceptors (Lipinski definition) is 4. The number of halogens is 1. The molecule has 4 rings (SSSR count).